The van der Waals surface area contributed by atoms with Gasteiger partial charge in [-0.15, -0.1) is 0 Å². The number of nitrogens with one attached hydrogen (secondary N) is 1. The molecule has 2 unspecified atom stereocenters. The summed E-state index contributed by atoms with van der Waals surface area (Å²) in [6.45, 7) is 6.52. The highest BCUT2D eigenvalue weighted by Crippen LogP contribution is 2.23. The summed E-state index contributed by atoms with van der Waals surface area (Å²) in [7, 11) is 4.02. The Morgan fingerprint density at radius 2 is 2.21 bits per heavy atom. The monoisotopic (exact) mass is 195 g/mol. The highest BCUT2D eigenvalue weighted by molar-refractivity contribution is 5.13. The molecular weight excluding hydrogens is 174 g/mol. The maximum atomic E-state index is 4.37. The van der Waals surface area contributed by atoms with Gasteiger partial charge in [0.15, 0.2) is 0 Å². The van der Waals surface area contributed by atoms with Gasteiger partial charge >= 0.3 is 0 Å². The SMILES string of the molecule is CCC(C)C(NC)c1cc(C)nn1C. The molecular formula is C11H21N3. The second-order valence-electron chi connectivity index (χ2n) is 3.99. The molecule has 0 amide bonds. The number of rotatable bonds is 4. The molecule has 1 aromatic heterocycles. The van der Waals surface area contributed by atoms with Crippen LogP contribution >= 0.6 is 0 Å². The van der Waals surface area contributed by atoms with Gasteiger partial charge in [0.1, 0.15) is 0 Å². The molecule has 0 saturated heterocycles. The highest BCUT2D eigenvalue weighted by atomic mass is 15.3. The van der Waals surface area contributed by atoms with Crippen molar-refractivity contribution in [1.82, 2.24) is 15.1 Å². The summed E-state index contributed by atoms with van der Waals surface area (Å²) in [5, 5.41) is 7.74. The molecule has 2 atom stereocenters. The lowest BCUT2D eigenvalue weighted by atomic mass is 9.96. The molecule has 0 spiro atoms. The van der Waals surface area contributed by atoms with Gasteiger partial charge in [0, 0.05) is 7.05 Å². The minimum Gasteiger partial charge on any atom is -0.311 e. The van der Waals surface area contributed by atoms with Gasteiger partial charge in [0.25, 0.3) is 0 Å². The van der Waals surface area contributed by atoms with Crippen LogP contribution in [-0.2, 0) is 7.05 Å². The fourth-order valence-electron chi connectivity index (χ4n) is 1.88. The molecule has 0 aliphatic carbocycles. The van der Waals surface area contributed by atoms with Crippen LogP contribution in [0.4, 0.5) is 0 Å². The molecule has 0 fully saturated rings. The molecule has 3 heteroatoms. The van der Waals surface area contributed by atoms with E-state index in [1.807, 2.05) is 25.7 Å². The molecule has 80 valence electrons. The van der Waals surface area contributed by atoms with Gasteiger partial charge in [0.05, 0.1) is 17.4 Å². The van der Waals surface area contributed by atoms with Crippen molar-refractivity contribution in [1.29, 1.82) is 0 Å². The lowest BCUT2D eigenvalue weighted by molar-refractivity contribution is 0.380. The Labute approximate surface area is 86.5 Å². The lowest BCUT2D eigenvalue weighted by Gasteiger charge is -2.22. The van der Waals surface area contributed by atoms with E-state index < -0.39 is 0 Å². The van der Waals surface area contributed by atoms with Gasteiger partial charge in [-0.3, -0.25) is 4.68 Å². The third kappa shape index (κ3) is 2.15. The van der Waals surface area contributed by atoms with Crippen molar-refractivity contribution in [2.24, 2.45) is 13.0 Å². The molecule has 1 heterocycles. The summed E-state index contributed by atoms with van der Waals surface area (Å²) >= 11 is 0. The summed E-state index contributed by atoms with van der Waals surface area (Å²) in [5.74, 6) is 0.634. The second-order valence-corrected chi connectivity index (χ2v) is 3.99. The van der Waals surface area contributed by atoms with E-state index in [2.05, 4.69) is 30.3 Å². The summed E-state index contributed by atoms with van der Waals surface area (Å²) < 4.78 is 1.97. The maximum absolute atomic E-state index is 4.37. The Hall–Kier alpha value is -0.830. The van der Waals surface area contributed by atoms with Crippen LogP contribution < -0.4 is 5.32 Å². The zero-order valence-corrected chi connectivity index (χ0v) is 9.83. The maximum Gasteiger partial charge on any atom is 0.0597 e. The molecule has 0 aliphatic heterocycles. The first-order chi connectivity index (χ1) is 6.60. The van der Waals surface area contributed by atoms with Crippen molar-refractivity contribution < 1.29 is 0 Å². The molecule has 0 saturated carbocycles. The largest absolute Gasteiger partial charge is 0.311 e. The zero-order valence-electron chi connectivity index (χ0n) is 9.83. The molecule has 1 aromatic rings. The second kappa shape index (κ2) is 4.60. The van der Waals surface area contributed by atoms with Crippen molar-refractivity contribution in [2.45, 2.75) is 33.2 Å². The van der Waals surface area contributed by atoms with E-state index in [0.29, 0.717) is 12.0 Å². The quantitative estimate of drug-likeness (QED) is 0.796. The first-order valence-corrected chi connectivity index (χ1v) is 5.28. The van der Waals surface area contributed by atoms with Crippen LogP contribution in [0.15, 0.2) is 6.07 Å². The van der Waals surface area contributed by atoms with Crippen LogP contribution in [0.1, 0.15) is 37.7 Å². The number of aryl methyl sites for hydroxylation is 2. The van der Waals surface area contributed by atoms with E-state index >= 15 is 0 Å². The van der Waals surface area contributed by atoms with Gasteiger partial charge < -0.3 is 5.32 Å². The third-order valence-corrected chi connectivity index (χ3v) is 2.88. The lowest BCUT2D eigenvalue weighted by Crippen LogP contribution is -2.25. The van der Waals surface area contributed by atoms with Gasteiger partial charge in [-0.1, -0.05) is 20.3 Å². The predicted octanol–water partition coefficient (Wildman–Crippen LogP) is 2.04. The standard InChI is InChI=1S/C11H21N3/c1-6-8(2)11(12-4)10-7-9(3)13-14(10)5/h7-8,11-12H,6H2,1-5H3. The van der Waals surface area contributed by atoms with Crippen LogP contribution in [0, 0.1) is 12.8 Å². The number of nitrogens with zero attached hydrogens (tertiary/aromatic N) is 2. The normalized spacial score (nSPS) is 15.5. The Kier molecular flexibility index (Phi) is 3.69. The Bertz CT molecular complexity index is 291. The van der Waals surface area contributed by atoms with Gasteiger partial charge in [0.2, 0.25) is 0 Å². The Morgan fingerprint density at radius 1 is 1.57 bits per heavy atom. The highest BCUT2D eigenvalue weighted by Gasteiger charge is 2.19. The van der Waals surface area contributed by atoms with E-state index in [4.69, 9.17) is 0 Å². The smallest absolute Gasteiger partial charge is 0.0597 e. The topological polar surface area (TPSA) is 29.9 Å². The van der Waals surface area contributed by atoms with Crippen LogP contribution in [0.2, 0.25) is 0 Å². The van der Waals surface area contributed by atoms with E-state index in [-0.39, 0.29) is 0 Å². The molecule has 1 rings (SSSR count). The molecule has 14 heavy (non-hydrogen) atoms. The van der Waals surface area contributed by atoms with Gasteiger partial charge in [-0.05, 0) is 26.0 Å². The van der Waals surface area contributed by atoms with Crippen LogP contribution in [0.25, 0.3) is 0 Å². The van der Waals surface area contributed by atoms with Gasteiger partial charge in [-0.2, -0.15) is 5.10 Å². The summed E-state index contributed by atoms with van der Waals surface area (Å²) in [4.78, 5) is 0. The molecule has 0 radical (unpaired) electrons. The summed E-state index contributed by atoms with van der Waals surface area (Å²) in [5.41, 5.74) is 2.37. The molecule has 0 aliphatic rings. The van der Waals surface area contributed by atoms with Crippen LogP contribution in [-0.4, -0.2) is 16.8 Å². The average Bonchev–Trinajstić information content (AvgIpc) is 2.47. The van der Waals surface area contributed by atoms with Crippen molar-refractivity contribution in [3.8, 4) is 0 Å². The Morgan fingerprint density at radius 3 is 2.57 bits per heavy atom. The molecule has 1 N–H and O–H groups in total. The first-order valence-electron chi connectivity index (χ1n) is 5.28. The predicted molar refractivity (Wildman–Crippen MR) is 59.2 cm³/mol. The van der Waals surface area contributed by atoms with E-state index in [1.54, 1.807) is 0 Å². The van der Waals surface area contributed by atoms with Crippen LogP contribution in [0.5, 0.6) is 0 Å². The minimum atomic E-state index is 0.409. The fraction of sp³-hybridized carbons (Fsp3) is 0.727. The molecule has 3 nitrogen and oxygen atoms in total. The Balaban J connectivity index is 2.94. The van der Waals surface area contributed by atoms with Crippen molar-refractivity contribution in [3.05, 3.63) is 17.5 Å². The molecule has 0 bridgehead atoms. The van der Waals surface area contributed by atoms with E-state index in [9.17, 15) is 0 Å². The van der Waals surface area contributed by atoms with Crippen LogP contribution in [0.3, 0.4) is 0 Å². The van der Waals surface area contributed by atoms with E-state index in [0.717, 1.165) is 5.69 Å². The first kappa shape index (κ1) is 11.2. The van der Waals surface area contributed by atoms with Crippen molar-refractivity contribution in [3.63, 3.8) is 0 Å². The number of hydrogen-bond donors (Lipinski definition) is 1. The number of hydrogen-bond acceptors (Lipinski definition) is 2. The third-order valence-electron chi connectivity index (χ3n) is 2.88. The zero-order chi connectivity index (χ0) is 10.7. The molecule has 0 aromatic carbocycles. The average molecular weight is 195 g/mol. The van der Waals surface area contributed by atoms with E-state index in [1.165, 1.54) is 12.1 Å². The summed E-state index contributed by atoms with van der Waals surface area (Å²) in [6.07, 6.45) is 1.18. The fourth-order valence-corrected chi connectivity index (χ4v) is 1.88. The van der Waals surface area contributed by atoms with Crippen molar-refractivity contribution in [2.75, 3.05) is 7.05 Å². The number of aromatic nitrogens is 2. The summed E-state index contributed by atoms with van der Waals surface area (Å²) in [6, 6.07) is 2.57. The van der Waals surface area contributed by atoms with Crippen molar-refractivity contribution >= 4 is 0 Å². The minimum absolute atomic E-state index is 0.409. The van der Waals surface area contributed by atoms with Gasteiger partial charge in [-0.25, -0.2) is 0 Å².